The van der Waals surface area contributed by atoms with Crippen LogP contribution in [-0.4, -0.2) is 31.1 Å². The van der Waals surface area contributed by atoms with Crippen molar-refractivity contribution in [2.75, 3.05) is 13.2 Å². The maximum atomic E-state index is 12.4. The van der Waals surface area contributed by atoms with Crippen LogP contribution in [0.25, 0.3) is 0 Å². The zero-order valence-corrected chi connectivity index (χ0v) is 13.9. The molecule has 1 aliphatic heterocycles. The molecule has 6 nitrogen and oxygen atoms in total. The van der Waals surface area contributed by atoms with Gasteiger partial charge in [0.2, 0.25) is 10.0 Å². The van der Waals surface area contributed by atoms with Crippen molar-refractivity contribution in [2.45, 2.75) is 31.2 Å². The maximum absolute atomic E-state index is 12.4. The van der Waals surface area contributed by atoms with Crippen molar-refractivity contribution >= 4 is 10.0 Å². The molecule has 1 aromatic heterocycles. The number of imidazole rings is 1. The molecule has 1 N–H and O–H groups in total. The van der Waals surface area contributed by atoms with Crippen molar-refractivity contribution in [1.82, 2.24) is 14.3 Å². The molecule has 0 radical (unpaired) electrons. The van der Waals surface area contributed by atoms with Crippen molar-refractivity contribution in [2.24, 2.45) is 5.92 Å². The largest absolute Gasteiger partial charge is 0.494 e. The molecule has 1 atom stereocenters. The molecule has 0 fully saturated rings. The highest BCUT2D eigenvalue weighted by Crippen LogP contribution is 2.20. The predicted octanol–water partition coefficient (Wildman–Crippen LogP) is 1.82. The second-order valence-corrected chi connectivity index (χ2v) is 7.42. The molecular weight excluding hydrogens is 314 g/mol. The summed E-state index contributed by atoms with van der Waals surface area (Å²) in [7, 11) is -3.52. The summed E-state index contributed by atoms with van der Waals surface area (Å²) >= 11 is 0. The van der Waals surface area contributed by atoms with Crippen LogP contribution in [0.1, 0.15) is 19.2 Å². The average molecular weight is 335 g/mol. The van der Waals surface area contributed by atoms with Crippen LogP contribution in [0.15, 0.2) is 41.6 Å². The summed E-state index contributed by atoms with van der Waals surface area (Å²) in [6.07, 6.45) is 5.51. The van der Waals surface area contributed by atoms with E-state index in [1.165, 1.54) is 0 Å². The fraction of sp³-hybridized carbons (Fsp3) is 0.438. The number of aromatic nitrogens is 2. The summed E-state index contributed by atoms with van der Waals surface area (Å²) in [4.78, 5) is 4.55. The van der Waals surface area contributed by atoms with E-state index in [2.05, 4.69) is 14.3 Å². The highest BCUT2D eigenvalue weighted by Gasteiger charge is 2.22. The number of hydrogen-bond donors (Lipinski definition) is 1. The van der Waals surface area contributed by atoms with Gasteiger partial charge >= 0.3 is 0 Å². The van der Waals surface area contributed by atoms with Crippen molar-refractivity contribution in [3.63, 3.8) is 0 Å². The van der Waals surface area contributed by atoms with E-state index in [1.807, 2.05) is 13.1 Å². The van der Waals surface area contributed by atoms with Gasteiger partial charge < -0.3 is 9.30 Å². The first kappa shape index (κ1) is 16.0. The van der Waals surface area contributed by atoms with Crippen LogP contribution >= 0.6 is 0 Å². The second-order valence-electron chi connectivity index (χ2n) is 5.66. The molecule has 0 spiro atoms. The molecule has 0 amide bonds. The zero-order valence-electron chi connectivity index (χ0n) is 13.1. The van der Waals surface area contributed by atoms with E-state index in [0.717, 1.165) is 25.2 Å². The lowest BCUT2D eigenvalue weighted by Gasteiger charge is -2.23. The fourth-order valence-corrected chi connectivity index (χ4v) is 3.95. The van der Waals surface area contributed by atoms with Crippen LogP contribution in [0.2, 0.25) is 0 Å². The lowest BCUT2D eigenvalue weighted by molar-refractivity contribution is 0.339. The highest BCUT2D eigenvalue weighted by molar-refractivity contribution is 7.89. The number of benzene rings is 1. The summed E-state index contributed by atoms with van der Waals surface area (Å²) in [5.74, 6) is 1.86. The van der Waals surface area contributed by atoms with Crippen molar-refractivity contribution < 1.29 is 13.2 Å². The second kappa shape index (κ2) is 6.72. The molecule has 0 aliphatic carbocycles. The molecule has 0 unspecified atom stereocenters. The fourth-order valence-electron chi connectivity index (χ4n) is 2.80. The molecule has 0 saturated carbocycles. The lowest BCUT2D eigenvalue weighted by atomic mass is 9.98. The smallest absolute Gasteiger partial charge is 0.240 e. The van der Waals surface area contributed by atoms with Gasteiger partial charge in [-0.3, -0.25) is 0 Å². The summed E-state index contributed by atoms with van der Waals surface area (Å²) in [6, 6.07) is 6.58. The average Bonchev–Trinajstić information content (AvgIpc) is 3.01. The van der Waals surface area contributed by atoms with E-state index in [0.29, 0.717) is 18.9 Å². The molecule has 3 rings (SSSR count). The third kappa shape index (κ3) is 3.73. The van der Waals surface area contributed by atoms with Crippen LogP contribution in [-0.2, 0) is 23.0 Å². The van der Waals surface area contributed by atoms with Crippen LogP contribution in [0.3, 0.4) is 0 Å². The zero-order chi connectivity index (χ0) is 16.3. The topological polar surface area (TPSA) is 73.2 Å². The summed E-state index contributed by atoms with van der Waals surface area (Å²) in [6.45, 7) is 3.69. The summed E-state index contributed by atoms with van der Waals surface area (Å²) < 4.78 is 35.1. The first-order valence-corrected chi connectivity index (χ1v) is 9.29. The summed E-state index contributed by atoms with van der Waals surface area (Å²) in [5.41, 5.74) is 0. The van der Waals surface area contributed by atoms with Crippen LogP contribution in [0.5, 0.6) is 5.75 Å². The molecule has 23 heavy (non-hydrogen) atoms. The van der Waals surface area contributed by atoms with Crippen molar-refractivity contribution in [1.29, 1.82) is 0 Å². The minimum Gasteiger partial charge on any atom is -0.494 e. The minimum absolute atomic E-state index is 0.237. The molecular formula is C16H21N3O3S. The first-order chi connectivity index (χ1) is 11.1. The normalized spacial score (nSPS) is 17.7. The van der Waals surface area contributed by atoms with Crippen LogP contribution < -0.4 is 9.46 Å². The Kier molecular flexibility index (Phi) is 4.68. The van der Waals surface area contributed by atoms with Gasteiger partial charge in [0.05, 0.1) is 11.5 Å². The molecule has 1 aliphatic rings. The van der Waals surface area contributed by atoms with Gasteiger partial charge in [0.15, 0.2) is 0 Å². The third-order valence-corrected chi connectivity index (χ3v) is 5.46. The van der Waals surface area contributed by atoms with Gasteiger partial charge in [-0.1, -0.05) is 6.07 Å². The molecule has 0 saturated heterocycles. The molecule has 0 bridgehead atoms. The first-order valence-electron chi connectivity index (χ1n) is 7.81. The number of fused-ring (bicyclic) bond motifs is 1. The Balaban J connectivity index is 1.64. The number of sulfonamides is 1. The molecule has 2 aromatic rings. The highest BCUT2D eigenvalue weighted by atomic mass is 32.2. The quantitative estimate of drug-likeness (QED) is 0.874. The number of rotatable bonds is 6. The Morgan fingerprint density at radius 2 is 2.30 bits per heavy atom. The van der Waals surface area contributed by atoms with Gasteiger partial charge in [-0.25, -0.2) is 18.1 Å². The molecule has 1 aromatic carbocycles. The van der Waals surface area contributed by atoms with Crippen LogP contribution in [0, 0.1) is 5.92 Å². The van der Waals surface area contributed by atoms with Gasteiger partial charge in [0.1, 0.15) is 11.6 Å². The Hall–Kier alpha value is -1.86. The Morgan fingerprint density at radius 1 is 1.43 bits per heavy atom. The van der Waals surface area contributed by atoms with E-state index < -0.39 is 10.0 Å². The number of nitrogens with zero attached hydrogens (tertiary/aromatic N) is 2. The Labute approximate surface area is 136 Å². The van der Waals surface area contributed by atoms with E-state index in [1.54, 1.807) is 30.5 Å². The van der Waals surface area contributed by atoms with E-state index in [9.17, 15) is 8.42 Å². The van der Waals surface area contributed by atoms with E-state index in [-0.39, 0.29) is 10.8 Å². The third-order valence-electron chi connectivity index (χ3n) is 4.04. The molecule has 2 heterocycles. The van der Waals surface area contributed by atoms with Gasteiger partial charge in [-0.2, -0.15) is 0 Å². The van der Waals surface area contributed by atoms with Crippen LogP contribution in [0.4, 0.5) is 0 Å². The van der Waals surface area contributed by atoms with Crippen molar-refractivity contribution in [3.8, 4) is 5.75 Å². The number of nitrogens with one attached hydrogen (secondary N) is 1. The summed E-state index contributed by atoms with van der Waals surface area (Å²) in [5, 5.41) is 0. The van der Waals surface area contributed by atoms with Gasteiger partial charge in [0, 0.05) is 38.0 Å². The van der Waals surface area contributed by atoms with E-state index in [4.69, 9.17) is 4.74 Å². The lowest BCUT2D eigenvalue weighted by Crippen LogP contribution is -2.33. The van der Waals surface area contributed by atoms with E-state index >= 15 is 0 Å². The number of hydrogen-bond acceptors (Lipinski definition) is 4. The molecule has 7 heteroatoms. The van der Waals surface area contributed by atoms with Gasteiger partial charge in [-0.15, -0.1) is 0 Å². The van der Waals surface area contributed by atoms with Gasteiger partial charge in [0.25, 0.3) is 0 Å². The number of aryl methyl sites for hydroxylation is 1. The monoisotopic (exact) mass is 335 g/mol. The number of ether oxygens (including phenoxy) is 1. The standard InChI is InChI=1S/C16H21N3O3S/c1-2-22-14-4-3-5-15(11-14)23(20,21)18-12-13-6-8-19-9-7-17-16(19)10-13/h3-5,7,9,11,13,18H,2,6,8,10,12H2,1H3/t13-/m0/s1. The van der Waals surface area contributed by atoms with Crippen molar-refractivity contribution in [3.05, 3.63) is 42.5 Å². The predicted molar refractivity (Wildman–Crippen MR) is 86.8 cm³/mol. The maximum Gasteiger partial charge on any atom is 0.240 e. The Morgan fingerprint density at radius 3 is 3.13 bits per heavy atom. The van der Waals surface area contributed by atoms with Gasteiger partial charge in [-0.05, 0) is 31.4 Å². The molecule has 124 valence electrons. The SMILES string of the molecule is CCOc1cccc(S(=O)(=O)NC[C@H]2CCn3ccnc3C2)c1. The Bertz CT molecular complexity index is 770. The minimum atomic E-state index is -3.52.